The molecule has 1 aliphatic carbocycles. The van der Waals surface area contributed by atoms with Gasteiger partial charge < -0.3 is 20.3 Å². The van der Waals surface area contributed by atoms with E-state index in [1.807, 2.05) is 30.3 Å². The van der Waals surface area contributed by atoms with Crippen LogP contribution < -0.4 is 10.6 Å². The number of unbranched alkanes of at least 4 members (excludes halogenated alkanes) is 1. The van der Waals surface area contributed by atoms with Crippen molar-refractivity contribution in [3.63, 3.8) is 0 Å². The fraction of sp³-hybridized carbons (Fsp3) is 0.625. The van der Waals surface area contributed by atoms with Crippen LogP contribution in [-0.4, -0.2) is 47.0 Å². The van der Waals surface area contributed by atoms with Crippen molar-refractivity contribution in [2.75, 3.05) is 6.54 Å². The van der Waals surface area contributed by atoms with Crippen LogP contribution in [0.1, 0.15) is 78.3 Å². The lowest BCUT2D eigenvalue weighted by Gasteiger charge is -2.43. The molecule has 2 N–H and O–H groups in total. The SMILES string of the molecule is CCCCNC(=O)C(c1ccccc1)N(C(=O)C(C)NC(=O)OC(C)(C)C)C1CCC1. The van der Waals surface area contributed by atoms with Crippen molar-refractivity contribution in [1.29, 1.82) is 0 Å². The zero-order chi connectivity index (χ0) is 23.0. The van der Waals surface area contributed by atoms with Gasteiger partial charge in [0.05, 0.1) is 0 Å². The fourth-order valence-corrected chi connectivity index (χ4v) is 3.51. The van der Waals surface area contributed by atoms with E-state index in [0.717, 1.165) is 37.7 Å². The van der Waals surface area contributed by atoms with Gasteiger partial charge in [0.2, 0.25) is 11.8 Å². The van der Waals surface area contributed by atoms with Crippen LogP contribution in [-0.2, 0) is 14.3 Å². The number of nitrogens with one attached hydrogen (secondary N) is 2. The van der Waals surface area contributed by atoms with Crippen molar-refractivity contribution in [3.05, 3.63) is 35.9 Å². The van der Waals surface area contributed by atoms with E-state index in [1.54, 1.807) is 32.6 Å². The molecule has 1 aromatic carbocycles. The van der Waals surface area contributed by atoms with Gasteiger partial charge in [0.15, 0.2) is 0 Å². The predicted molar refractivity (Wildman–Crippen MR) is 120 cm³/mol. The summed E-state index contributed by atoms with van der Waals surface area (Å²) >= 11 is 0. The molecule has 3 amide bonds. The average Bonchev–Trinajstić information content (AvgIpc) is 2.65. The number of nitrogens with zero attached hydrogens (tertiary/aromatic N) is 1. The van der Waals surface area contributed by atoms with Crippen LogP contribution in [0.4, 0.5) is 4.79 Å². The molecule has 172 valence electrons. The average molecular weight is 432 g/mol. The van der Waals surface area contributed by atoms with Crippen molar-refractivity contribution in [2.45, 2.75) is 90.4 Å². The molecule has 2 unspecified atom stereocenters. The zero-order valence-corrected chi connectivity index (χ0v) is 19.4. The highest BCUT2D eigenvalue weighted by Gasteiger charge is 2.40. The minimum Gasteiger partial charge on any atom is -0.444 e. The molecule has 2 rings (SSSR count). The second-order valence-electron chi connectivity index (χ2n) is 9.16. The number of carbonyl (C=O) groups is 3. The standard InChI is InChI=1S/C24H37N3O4/c1-6-7-16-25-21(28)20(18-12-9-8-10-13-18)27(19-14-11-15-19)22(29)17(2)26-23(30)31-24(3,4)5/h8-10,12-13,17,19-20H,6-7,11,14-16H2,1-5H3,(H,25,28)(H,26,30). The Bertz CT molecular complexity index is 741. The maximum atomic E-state index is 13.5. The number of carbonyl (C=O) groups excluding carboxylic acids is 3. The number of rotatable bonds is 9. The molecule has 7 heteroatoms. The van der Waals surface area contributed by atoms with E-state index >= 15 is 0 Å². The van der Waals surface area contributed by atoms with Crippen LogP contribution in [0.3, 0.4) is 0 Å². The summed E-state index contributed by atoms with van der Waals surface area (Å²) < 4.78 is 5.30. The quantitative estimate of drug-likeness (QED) is 0.580. The molecule has 0 aliphatic heterocycles. The van der Waals surface area contributed by atoms with Crippen molar-refractivity contribution < 1.29 is 19.1 Å². The molecule has 7 nitrogen and oxygen atoms in total. The molecule has 1 saturated carbocycles. The Kier molecular flexibility index (Phi) is 8.89. The summed E-state index contributed by atoms with van der Waals surface area (Å²) in [5.74, 6) is -0.473. The van der Waals surface area contributed by atoms with E-state index in [2.05, 4.69) is 17.6 Å². The first kappa shape index (κ1) is 24.7. The van der Waals surface area contributed by atoms with E-state index < -0.39 is 23.8 Å². The van der Waals surface area contributed by atoms with Crippen LogP contribution in [0.2, 0.25) is 0 Å². The van der Waals surface area contributed by atoms with Crippen molar-refractivity contribution in [2.24, 2.45) is 0 Å². The number of amides is 3. The first-order valence-corrected chi connectivity index (χ1v) is 11.3. The molecule has 1 fully saturated rings. The molecule has 0 spiro atoms. The first-order chi connectivity index (χ1) is 14.6. The van der Waals surface area contributed by atoms with Crippen LogP contribution in [0.5, 0.6) is 0 Å². The van der Waals surface area contributed by atoms with Crippen LogP contribution >= 0.6 is 0 Å². The minimum atomic E-state index is -0.815. The summed E-state index contributed by atoms with van der Waals surface area (Å²) in [7, 11) is 0. The molecule has 2 atom stereocenters. The topological polar surface area (TPSA) is 87.7 Å². The van der Waals surface area contributed by atoms with E-state index in [1.165, 1.54) is 0 Å². The second kappa shape index (κ2) is 11.2. The largest absolute Gasteiger partial charge is 0.444 e. The summed E-state index contributed by atoms with van der Waals surface area (Å²) in [6, 6.07) is 7.78. The van der Waals surface area contributed by atoms with Crippen molar-refractivity contribution in [3.8, 4) is 0 Å². The van der Waals surface area contributed by atoms with Gasteiger partial charge in [-0.05, 0) is 58.9 Å². The van der Waals surface area contributed by atoms with E-state index in [4.69, 9.17) is 4.74 Å². The number of benzene rings is 1. The maximum Gasteiger partial charge on any atom is 0.408 e. The number of alkyl carbamates (subject to hydrolysis) is 1. The van der Waals surface area contributed by atoms with Crippen LogP contribution in [0, 0.1) is 0 Å². The van der Waals surface area contributed by atoms with E-state index in [-0.39, 0.29) is 17.9 Å². The molecule has 0 heterocycles. The third kappa shape index (κ3) is 7.26. The van der Waals surface area contributed by atoms with Crippen LogP contribution in [0.15, 0.2) is 30.3 Å². The molecule has 1 aliphatic rings. The molecule has 31 heavy (non-hydrogen) atoms. The second-order valence-corrected chi connectivity index (χ2v) is 9.16. The van der Waals surface area contributed by atoms with Gasteiger partial charge in [-0.3, -0.25) is 9.59 Å². The van der Waals surface area contributed by atoms with Crippen molar-refractivity contribution >= 4 is 17.9 Å². The van der Waals surface area contributed by atoms with E-state index in [9.17, 15) is 14.4 Å². The van der Waals surface area contributed by atoms with Gasteiger partial charge >= 0.3 is 6.09 Å². The Morgan fingerprint density at radius 2 is 1.81 bits per heavy atom. The molecule has 0 radical (unpaired) electrons. The highest BCUT2D eigenvalue weighted by Crippen LogP contribution is 2.33. The van der Waals surface area contributed by atoms with Gasteiger partial charge in [-0.15, -0.1) is 0 Å². The lowest BCUT2D eigenvalue weighted by molar-refractivity contribution is -0.147. The van der Waals surface area contributed by atoms with Gasteiger partial charge in [-0.25, -0.2) is 4.79 Å². The molecule has 1 aromatic rings. The van der Waals surface area contributed by atoms with Gasteiger partial charge in [-0.2, -0.15) is 0 Å². The van der Waals surface area contributed by atoms with E-state index in [0.29, 0.717) is 6.54 Å². The highest BCUT2D eigenvalue weighted by molar-refractivity contribution is 5.92. The third-order valence-electron chi connectivity index (χ3n) is 5.30. The predicted octanol–water partition coefficient (Wildman–Crippen LogP) is 3.94. The molecular formula is C24H37N3O4. The van der Waals surface area contributed by atoms with Crippen LogP contribution in [0.25, 0.3) is 0 Å². The summed E-state index contributed by atoms with van der Waals surface area (Å²) in [6.07, 6.45) is 3.90. The molecule has 0 bridgehead atoms. The molecule has 0 saturated heterocycles. The Balaban J connectivity index is 2.27. The third-order valence-corrected chi connectivity index (χ3v) is 5.30. The summed E-state index contributed by atoms with van der Waals surface area (Å²) in [5.41, 5.74) is 0.105. The molecular weight excluding hydrogens is 394 g/mol. The van der Waals surface area contributed by atoms with Crippen molar-refractivity contribution in [1.82, 2.24) is 15.5 Å². The van der Waals surface area contributed by atoms with Gasteiger partial charge in [0.25, 0.3) is 0 Å². The number of ether oxygens (including phenoxy) is 1. The van der Waals surface area contributed by atoms with Gasteiger partial charge in [0.1, 0.15) is 17.7 Å². The normalized spacial score (nSPS) is 15.9. The Labute approximate surface area is 185 Å². The Morgan fingerprint density at radius 1 is 1.16 bits per heavy atom. The summed E-state index contributed by atoms with van der Waals surface area (Å²) in [6.45, 7) is 9.57. The Hall–Kier alpha value is -2.57. The minimum absolute atomic E-state index is 0.0301. The Morgan fingerprint density at radius 3 is 2.32 bits per heavy atom. The lowest BCUT2D eigenvalue weighted by Crippen LogP contribution is -2.56. The maximum absolute atomic E-state index is 13.5. The first-order valence-electron chi connectivity index (χ1n) is 11.3. The zero-order valence-electron chi connectivity index (χ0n) is 19.4. The number of hydrogen-bond donors (Lipinski definition) is 2. The summed E-state index contributed by atoms with van der Waals surface area (Å²) in [4.78, 5) is 40.6. The lowest BCUT2D eigenvalue weighted by atomic mass is 9.88. The van der Waals surface area contributed by atoms with Gasteiger partial charge in [0, 0.05) is 12.6 Å². The summed E-state index contributed by atoms with van der Waals surface area (Å²) in [5, 5.41) is 5.62. The number of hydrogen-bond acceptors (Lipinski definition) is 4. The smallest absolute Gasteiger partial charge is 0.408 e. The fourth-order valence-electron chi connectivity index (χ4n) is 3.51. The highest BCUT2D eigenvalue weighted by atomic mass is 16.6. The monoisotopic (exact) mass is 431 g/mol. The van der Waals surface area contributed by atoms with Gasteiger partial charge in [-0.1, -0.05) is 43.7 Å². The molecule has 0 aromatic heterocycles.